The van der Waals surface area contributed by atoms with E-state index in [0.717, 1.165) is 6.04 Å². The normalized spacial score (nSPS) is 20.8. The van der Waals surface area contributed by atoms with E-state index in [9.17, 15) is 0 Å². The molecule has 0 aromatic rings. The van der Waals surface area contributed by atoms with Gasteiger partial charge in [-0.25, -0.2) is 0 Å². The molecule has 0 aromatic heterocycles. The Balaban J connectivity index is 3.96. The number of hydrogen-bond donors (Lipinski definition) is 2. The van der Waals surface area contributed by atoms with E-state index in [2.05, 4.69) is 0 Å². The Bertz CT molecular complexity index is 144. The van der Waals surface area contributed by atoms with Gasteiger partial charge in [-0.3, -0.25) is 0 Å². The molecule has 0 spiro atoms. The largest absolute Gasteiger partial charge is 0.398 e. The summed E-state index contributed by atoms with van der Waals surface area (Å²) in [5.74, 6) is 0. The van der Waals surface area contributed by atoms with E-state index in [1.807, 2.05) is 20.4 Å². The molecule has 3 atom stereocenters. The van der Waals surface area contributed by atoms with Crippen LogP contribution in [0, 0.1) is 0 Å². The predicted octanol–water partition coefficient (Wildman–Crippen LogP) is 0.416. The lowest BCUT2D eigenvalue weighted by atomic mass is 10.4. The summed E-state index contributed by atoms with van der Waals surface area (Å²) < 4.78 is 11.0. The second kappa shape index (κ2) is 5.72. The van der Waals surface area contributed by atoms with Crippen molar-refractivity contribution in [2.24, 2.45) is 11.5 Å². The second-order valence-electron chi connectivity index (χ2n) is 3.81. The van der Waals surface area contributed by atoms with Crippen LogP contribution in [-0.2, 0) is 8.85 Å². The molecule has 80 valence electrons. The number of hydrogen-bond acceptors (Lipinski definition) is 4. The monoisotopic (exact) mass is 206 g/mol. The first kappa shape index (κ1) is 13.1. The van der Waals surface area contributed by atoms with Crippen LogP contribution in [-0.4, -0.2) is 34.4 Å². The van der Waals surface area contributed by atoms with Crippen molar-refractivity contribution in [3.8, 4) is 0 Å². The molecule has 5 heteroatoms. The third kappa shape index (κ3) is 6.17. The van der Waals surface area contributed by atoms with Gasteiger partial charge in [-0.05, 0) is 13.5 Å². The molecule has 0 aliphatic carbocycles. The Labute approximate surface area is 81.8 Å². The first-order valence-corrected chi connectivity index (χ1v) is 7.12. The summed E-state index contributed by atoms with van der Waals surface area (Å²) in [5.41, 5.74) is 11.3. The third-order valence-electron chi connectivity index (χ3n) is 1.78. The van der Waals surface area contributed by atoms with Gasteiger partial charge in [0.25, 0.3) is 0 Å². The van der Waals surface area contributed by atoms with Crippen molar-refractivity contribution in [3.63, 3.8) is 0 Å². The molecule has 0 fully saturated rings. The van der Waals surface area contributed by atoms with Crippen LogP contribution in [0.25, 0.3) is 0 Å². The highest BCUT2D eigenvalue weighted by atomic mass is 28.4. The third-order valence-corrected chi connectivity index (χ3v) is 4.80. The lowest BCUT2D eigenvalue weighted by molar-refractivity contribution is 0.193. The molecule has 0 saturated heterocycles. The number of nitrogens with two attached hydrogens (primary N) is 2. The molecule has 0 aromatic carbocycles. The highest BCUT2D eigenvalue weighted by Gasteiger charge is 2.31. The average molecular weight is 206 g/mol. The van der Waals surface area contributed by atoms with Crippen molar-refractivity contribution < 1.29 is 8.85 Å². The molecule has 0 rings (SSSR count). The SMILES string of the molecule is CO[Si](C)(CC(C)N)OCC(C)N. The van der Waals surface area contributed by atoms with Gasteiger partial charge in [0, 0.05) is 25.2 Å². The van der Waals surface area contributed by atoms with E-state index < -0.39 is 8.56 Å². The van der Waals surface area contributed by atoms with Crippen LogP contribution in [0.15, 0.2) is 0 Å². The molecular formula is C8H22N2O2Si. The Morgan fingerprint density at radius 3 is 2.08 bits per heavy atom. The van der Waals surface area contributed by atoms with Crippen LogP contribution in [0.2, 0.25) is 12.6 Å². The minimum Gasteiger partial charge on any atom is -0.398 e. The lowest BCUT2D eigenvalue weighted by Gasteiger charge is -2.27. The first-order chi connectivity index (χ1) is 5.89. The smallest absolute Gasteiger partial charge is 0.336 e. The van der Waals surface area contributed by atoms with Gasteiger partial charge in [0.2, 0.25) is 0 Å². The van der Waals surface area contributed by atoms with Gasteiger partial charge >= 0.3 is 8.56 Å². The van der Waals surface area contributed by atoms with Crippen molar-refractivity contribution in [2.75, 3.05) is 13.7 Å². The summed E-state index contributed by atoms with van der Waals surface area (Å²) in [7, 11) is -0.378. The van der Waals surface area contributed by atoms with Gasteiger partial charge in [0.1, 0.15) is 0 Å². The van der Waals surface area contributed by atoms with Crippen LogP contribution in [0.1, 0.15) is 13.8 Å². The summed E-state index contributed by atoms with van der Waals surface area (Å²) in [4.78, 5) is 0. The molecule has 4 N–H and O–H groups in total. The Hall–Kier alpha value is 0.0569. The van der Waals surface area contributed by atoms with Crippen LogP contribution >= 0.6 is 0 Å². The summed E-state index contributed by atoms with van der Waals surface area (Å²) in [6.45, 7) is 6.43. The second-order valence-corrected chi connectivity index (χ2v) is 7.18. The maximum absolute atomic E-state index is 5.70. The summed E-state index contributed by atoms with van der Waals surface area (Å²) in [5, 5.41) is 0. The molecule has 0 bridgehead atoms. The Morgan fingerprint density at radius 1 is 1.23 bits per heavy atom. The molecule has 4 nitrogen and oxygen atoms in total. The van der Waals surface area contributed by atoms with Gasteiger partial charge in [-0.15, -0.1) is 0 Å². The number of rotatable bonds is 6. The lowest BCUT2D eigenvalue weighted by Crippen LogP contribution is -2.44. The summed E-state index contributed by atoms with van der Waals surface area (Å²) in [6, 6.07) is 0.968. The topological polar surface area (TPSA) is 70.5 Å². The van der Waals surface area contributed by atoms with E-state index in [1.54, 1.807) is 7.11 Å². The Morgan fingerprint density at radius 2 is 1.77 bits per heavy atom. The van der Waals surface area contributed by atoms with E-state index in [-0.39, 0.29) is 12.1 Å². The molecule has 0 aliphatic heterocycles. The van der Waals surface area contributed by atoms with E-state index in [0.29, 0.717) is 6.61 Å². The fourth-order valence-electron chi connectivity index (χ4n) is 1.09. The van der Waals surface area contributed by atoms with E-state index in [1.165, 1.54) is 0 Å². The van der Waals surface area contributed by atoms with Crippen molar-refractivity contribution in [3.05, 3.63) is 0 Å². The molecule has 3 unspecified atom stereocenters. The fourth-order valence-corrected chi connectivity index (χ4v) is 3.28. The molecule has 0 radical (unpaired) electrons. The van der Waals surface area contributed by atoms with Gasteiger partial charge in [-0.1, -0.05) is 6.92 Å². The molecule has 13 heavy (non-hydrogen) atoms. The van der Waals surface area contributed by atoms with Crippen molar-refractivity contribution in [1.82, 2.24) is 0 Å². The minimum absolute atomic E-state index is 0.0510. The molecule has 0 saturated carbocycles. The fraction of sp³-hybridized carbons (Fsp3) is 1.00. The van der Waals surface area contributed by atoms with Crippen LogP contribution in [0.3, 0.4) is 0 Å². The summed E-state index contributed by atoms with van der Waals surface area (Å²) in [6.07, 6.45) is 0. The van der Waals surface area contributed by atoms with E-state index >= 15 is 0 Å². The average Bonchev–Trinajstić information content (AvgIpc) is 2.00. The highest BCUT2D eigenvalue weighted by molar-refractivity contribution is 6.66. The standard InChI is InChI=1S/C8H22N2O2Si/c1-7(9)5-12-13(4,11-3)6-8(2)10/h7-8H,5-6,9-10H2,1-4H3. The van der Waals surface area contributed by atoms with E-state index in [4.69, 9.17) is 20.3 Å². The molecule has 0 amide bonds. The molecule has 0 aliphatic rings. The minimum atomic E-state index is -2.05. The van der Waals surface area contributed by atoms with Crippen molar-refractivity contribution in [1.29, 1.82) is 0 Å². The quantitative estimate of drug-likeness (QED) is 0.618. The zero-order chi connectivity index (χ0) is 10.5. The molecule has 0 heterocycles. The van der Waals surface area contributed by atoms with Crippen LogP contribution < -0.4 is 11.5 Å². The Kier molecular flexibility index (Phi) is 5.74. The highest BCUT2D eigenvalue weighted by Crippen LogP contribution is 2.14. The predicted molar refractivity (Wildman–Crippen MR) is 56.7 cm³/mol. The van der Waals surface area contributed by atoms with Crippen LogP contribution in [0.5, 0.6) is 0 Å². The maximum atomic E-state index is 5.70. The zero-order valence-corrected chi connectivity index (χ0v) is 10.0. The first-order valence-electron chi connectivity index (χ1n) is 4.60. The zero-order valence-electron chi connectivity index (χ0n) is 9.04. The van der Waals surface area contributed by atoms with Gasteiger partial charge < -0.3 is 20.3 Å². The summed E-state index contributed by atoms with van der Waals surface area (Å²) >= 11 is 0. The van der Waals surface area contributed by atoms with Crippen LogP contribution in [0.4, 0.5) is 0 Å². The van der Waals surface area contributed by atoms with Crippen molar-refractivity contribution >= 4 is 8.56 Å². The maximum Gasteiger partial charge on any atom is 0.336 e. The van der Waals surface area contributed by atoms with Gasteiger partial charge in [0.15, 0.2) is 0 Å². The van der Waals surface area contributed by atoms with Gasteiger partial charge in [-0.2, -0.15) is 0 Å². The van der Waals surface area contributed by atoms with Crippen molar-refractivity contribution in [2.45, 2.75) is 38.5 Å². The van der Waals surface area contributed by atoms with Gasteiger partial charge in [0.05, 0.1) is 6.61 Å². The molecular weight excluding hydrogens is 184 g/mol.